The lowest BCUT2D eigenvalue weighted by Crippen LogP contribution is -2.19. The smallest absolute Gasteiger partial charge is 0.174 e. The highest BCUT2D eigenvalue weighted by molar-refractivity contribution is 7.98. The minimum atomic E-state index is 0.105. The molecule has 0 amide bonds. The van der Waals surface area contributed by atoms with Gasteiger partial charge in [-0.05, 0) is 37.1 Å². The van der Waals surface area contributed by atoms with Crippen LogP contribution < -0.4 is 10.5 Å². The van der Waals surface area contributed by atoms with E-state index in [1.165, 1.54) is 32.1 Å². The van der Waals surface area contributed by atoms with Crippen molar-refractivity contribution in [2.24, 2.45) is 16.8 Å². The molecule has 1 aliphatic rings. The molecule has 0 atom stereocenters. The Bertz CT molecular complexity index is 471. The van der Waals surface area contributed by atoms with Crippen molar-refractivity contribution in [2.45, 2.75) is 37.0 Å². The van der Waals surface area contributed by atoms with Crippen LogP contribution in [0.4, 0.5) is 0 Å². The number of benzene rings is 1. The summed E-state index contributed by atoms with van der Waals surface area (Å²) in [4.78, 5) is 0.960. The minimum Gasteiger partial charge on any atom is -0.492 e. The van der Waals surface area contributed by atoms with Gasteiger partial charge in [-0.25, -0.2) is 0 Å². The van der Waals surface area contributed by atoms with Crippen molar-refractivity contribution in [1.82, 2.24) is 0 Å². The molecule has 2 rings (SSSR count). The molecule has 1 fully saturated rings. The summed E-state index contributed by atoms with van der Waals surface area (Å²) < 4.78 is 5.96. The van der Waals surface area contributed by atoms with E-state index in [-0.39, 0.29) is 5.84 Å². The number of thioether (sulfide) groups is 1. The van der Waals surface area contributed by atoms with E-state index in [4.69, 9.17) is 15.7 Å². The summed E-state index contributed by atoms with van der Waals surface area (Å²) in [6.07, 6.45) is 8.38. The van der Waals surface area contributed by atoms with E-state index in [0.29, 0.717) is 23.8 Å². The van der Waals surface area contributed by atoms with E-state index < -0.39 is 0 Å². The van der Waals surface area contributed by atoms with Crippen molar-refractivity contribution in [2.75, 3.05) is 12.9 Å². The average molecular weight is 294 g/mol. The first-order chi connectivity index (χ1) is 9.76. The van der Waals surface area contributed by atoms with E-state index >= 15 is 0 Å². The highest BCUT2D eigenvalue weighted by atomic mass is 32.2. The molecule has 0 bridgehead atoms. The number of oxime groups is 1. The number of amidine groups is 1. The van der Waals surface area contributed by atoms with E-state index in [1.54, 1.807) is 11.8 Å². The summed E-state index contributed by atoms with van der Waals surface area (Å²) in [7, 11) is 0. The van der Waals surface area contributed by atoms with Gasteiger partial charge in [-0.3, -0.25) is 0 Å². The summed E-state index contributed by atoms with van der Waals surface area (Å²) >= 11 is 1.56. The normalized spacial score (nSPS) is 17.1. The Labute approximate surface area is 124 Å². The van der Waals surface area contributed by atoms with Gasteiger partial charge in [0.2, 0.25) is 0 Å². The fourth-order valence-electron chi connectivity index (χ4n) is 2.67. The van der Waals surface area contributed by atoms with Crippen molar-refractivity contribution >= 4 is 17.6 Å². The molecule has 3 N–H and O–H groups in total. The van der Waals surface area contributed by atoms with E-state index in [1.807, 2.05) is 24.5 Å². The molecule has 0 heterocycles. The Kier molecular flexibility index (Phi) is 5.59. The van der Waals surface area contributed by atoms with Crippen LogP contribution in [0.25, 0.3) is 0 Å². The Morgan fingerprint density at radius 3 is 2.80 bits per heavy atom. The van der Waals surface area contributed by atoms with Gasteiger partial charge in [0.25, 0.3) is 0 Å². The zero-order chi connectivity index (χ0) is 14.4. The van der Waals surface area contributed by atoms with Crippen LogP contribution in [0.15, 0.2) is 28.3 Å². The topological polar surface area (TPSA) is 67.8 Å². The highest BCUT2D eigenvalue weighted by Gasteiger charge is 2.17. The Balaban J connectivity index is 2.13. The molecule has 1 aromatic carbocycles. The van der Waals surface area contributed by atoms with Gasteiger partial charge in [0.1, 0.15) is 5.75 Å². The second-order valence-corrected chi connectivity index (χ2v) is 5.98. The lowest BCUT2D eigenvalue weighted by atomic mass is 9.90. The molecular formula is C15H22N2O2S. The quantitative estimate of drug-likeness (QED) is 0.287. The van der Waals surface area contributed by atoms with Crippen molar-refractivity contribution in [3.05, 3.63) is 23.8 Å². The van der Waals surface area contributed by atoms with Crippen molar-refractivity contribution in [3.63, 3.8) is 0 Å². The third-order valence-corrected chi connectivity index (χ3v) is 4.55. The van der Waals surface area contributed by atoms with Crippen molar-refractivity contribution < 1.29 is 9.94 Å². The van der Waals surface area contributed by atoms with Gasteiger partial charge < -0.3 is 15.7 Å². The average Bonchev–Trinajstić information content (AvgIpc) is 2.52. The van der Waals surface area contributed by atoms with Gasteiger partial charge in [-0.15, -0.1) is 11.8 Å². The van der Waals surface area contributed by atoms with Gasteiger partial charge >= 0.3 is 0 Å². The van der Waals surface area contributed by atoms with Crippen molar-refractivity contribution in [3.8, 4) is 5.75 Å². The molecule has 0 radical (unpaired) electrons. The molecule has 1 saturated carbocycles. The molecule has 1 aromatic rings. The summed E-state index contributed by atoms with van der Waals surface area (Å²) in [6, 6.07) is 5.78. The number of nitrogens with zero attached hydrogens (tertiary/aromatic N) is 1. The molecule has 0 spiro atoms. The maximum Gasteiger partial charge on any atom is 0.174 e. The van der Waals surface area contributed by atoms with Gasteiger partial charge in [-0.2, -0.15) is 0 Å². The summed E-state index contributed by atoms with van der Waals surface area (Å²) in [5.74, 6) is 1.44. The van der Waals surface area contributed by atoms with Crippen LogP contribution in [-0.4, -0.2) is 23.9 Å². The summed E-state index contributed by atoms with van der Waals surface area (Å²) in [5.41, 5.74) is 6.48. The monoisotopic (exact) mass is 294 g/mol. The van der Waals surface area contributed by atoms with Gasteiger partial charge in [-0.1, -0.05) is 30.5 Å². The standard InChI is InChI=1S/C15H22N2O2S/c1-20-13-9-5-8-12(14(13)15(16)17-18)19-10-11-6-3-2-4-7-11/h5,8-9,11,18H,2-4,6-7,10H2,1H3,(H2,16,17). The largest absolute Gasteiger partial charge is 0.492 e. The second kappa shape index (κ2) is 7.43. The first kappa shape index (κ1) is 15.0. The van der Waals surface area contributed by atoms with Crippen LogP contribution in [0.2, 0.25) is 0 Å². The first-order valence-corrected chi connectivity index (χ1v) is 8.26. The predicted molar refractivity (Wildman–Crippen MR) is 82.8 cm³/mol. The van der Waals surface area contributed by atoms with Crippen LogP contribution in [-0.2, 0) is 0 Å². The van der Waals surface area contributed by atoms with Crippen molar-refractivity contribution in [1.29, 1.82) is 0 Å². The van der Waals surface area contributed by atoms with E-state index in [9.17, 15) is 0 Å². The molecule has 0 aromatic heterocycles. The molecule has 20 heavy (non-hydrogen) atoms. The molecule has 0 aliphatic heterocycles. The van der Waals surface area contributed by atoms with Crippen LogP contribution in [0.1, 0.15) is 37.7 Å². The lowest BCUT2D eigenvalue weighted by molar-refractivity contribution is 0.208. The predicted octanol–water partition coefficient (Wildman–Crippen LogP) is 3.46. The van der Waals surface area contributed by atoms with Crippen LogP contribution >= 0.6 is 11.8 Å². The summed E-state index contributed by atoms with van der Waals surface area (Å²) in [6.45, 7) is 0.712. The molecule has 110 valence electrons. The highest BCUT2D eigenvalue weighted by Crippen LogP contribution is 2.30. The molecule has 1 aliphatic carbocycles. The number of hydrogen-bond acceptors (Lipinski definition) is 4. The van der Waals surface area contributed by atoms with E-state index in [2.05, 4.69) is 5.16 Å². The van der Waals surface area contributed by atoms with Gasteiger partial charge in [0.15, 0.2) is 5.84 Å². The zero-order valence-corrected chi connectivity index (χ0v) is 12.7. The number of rotatable bonds is 5. The van der Waals surface area contributed by atoms with Gasteiger partial charge in [0, 0.05) is 4.90 Å². The van der Waals surface area contributed by atoms with Crippen LogP contribution in [0, 0.1) is 5.92 Å². The Hall–Kier alpha value is -1.36. The van der Waals surface area contributed by atoms with Crippen LogP contribution in [0.5, 0.6) is 5.75 Å². The Morgan fingerprint density at radius 1 is 1.40 bits per heavy atom. The fraction of sp³-hybridized carbons (Fsp3) is 0.533. The van der Waals surface area contributed by atoms with Crippen LogP contribution in [0.3, 0.4) is 0 Å². The Morgan fingerprint density at radius 2 is 2.15 bits per heavy atom. The number of hydrogen-bond donors (Lipinski definition) is 2. The zero-order valence-electron chi connectivity index (χ0n) is 11.8. The molecule has 0 unspecified atom stereocenters. The maximum atomic E-state index is 8.95. The van der Waals surface area contributed by atoms with Gasteiger partial charge in [0.05, 0.1) is 12.2 Å². The SMILES string of the molecule is CSc1cccc(OCC2CCCCC2)c1/C(N)=N/O. The second-order valence-electron chi connectivity index (χ2n) is 5.13. The van der Waals surface area contributed by atoms with E-state index in [0.717, 1.165) is 4.90 Å². The molecule has 4 nitrogen and oxygen atoms in total. The minimum absolute atomic E-state index is 0.105. The third kappa shape index (κ3) is 3.60. The first-order valence-electron chi connectivity index (χ1n) is 7.04. The number of nitrogens with two attached hydrogens (primary N) is 1. The molecular weight excluding hydrogens is 272 g/mol. The fourth-order valence-corrected chi connectivity index (χ4v) is 3.29. The lowest BCUT2D eigenvalue weighted by Gasteiger charge is -2.22. The third-order valence-electron chi connectivity index (χ3n) is 3.77. The maximum absolute atomic E-state index is 8.95. The summed E-state index contributed by atoms with van der Waals surface area (Å²) in [5, 5.41) is 12.1. The number of ether oxygens (including phenoxy) is 1. The molecule has 5 heteroatoms. The molecule has 0 saturated heterocycles.